The van der Waals surface area contributed by atoms with Gasteiger partial charge in [0.25, 0.3) is 0 Å². The molecule has 3 aromatic carbocycles. The lowest BCUT2D eigenvalue weighted by molar-refractivity contribution is 0.00864. The lowest BCUT2D eigenvalue weighted by atomic mass is 9.92. The van der Waals surface area contributed by atoms with Crippen LogP contribution in [0.5, 0.6) is 17.2 Å². The van der Waals surface area contributed by atoms with Crippen LogP contribution in [-0.2, 0) is 4.74 Å². The molecule has 0 aliphatic carbocycles. The van der Waals surface area contributed by atoms with Crippen molar-refractivity contribution in [3.05, 3.63) is 96.3 Å². The zero-order valence-corrected chi connectivity index (χ0v) is 18.1. The average Bonchev–Trinajstić information content (AvgIpc) is 3.09. The first kappa shape index (κ1) is 20.4. The Morgan fingerprint density at radius 3 is 2.56 bits per heavy atom. The molecule has 0 spiro atoms. The minimum Gasteiger partial charge on any atom is -0.509 e. The third-order valence-electron chi connectivity index (χ3n) is 5.48. The Kier molecular flexibility index (Phi) is 5.43. The highest BCUT2D eigenvalue weighted by molar-refractivity contribution is 7.22. The molecule has 2 heterocycles. The molecule has 4 aromatic rings. The van der Waals surface area contributed by atoms with Gasteiger partial charge in [-0.15, -0.1) is 11.3 Å². The van der Waals surface area contributed by atoms with Crippen LogP contribution in [0.1, 0.15) is 17.0 Å². The molecular weight excluding hydrogens is 420 g/mol. The molecular formula is C27H22O4S. The number of allylic oxidation sites excluding steroid dienone is 1. The summed E-state index contributed by atoms with van der Waals surface area (Å²) in [6.45, 7) is 4.92. The van der Waals surface area contributed by atoms with E-state index in [9.17, 15) is 10.2 Å². The third-order valence-corrected chi connectivity index (χ3v) is 6.65. The van der Waals surface area contributed by atoms with Crippen molar-refractivity contribution in [2.45, 2.75) is 5.92 Å². The molecule has 1 saturated heterocycles. The van der Waals surface area contributed by atoms with E-state index in [1.807, 2.05) is 36.4 Å². The Morgan fingerprint density at radius 1 is 1.06 bits per heavy atom. The molecule has 1 aliphatic rings. The van der Waals surface area contributed by atoms with E-state index in [-0.39, 0.29) is 11.5 Å². The zero-order chi connectivity index (χ0) is 22.1. The molecule has 1 aromatic heterocycles. The standard InChI is InChI=1S/C27H22O4S/c1-17(28)6-7-18-8-11-21(12-9-18)31-26-24-13-10-20(29)14-25(24)32-27(26)23-5-3-2-4-22(23)19-15-30-16-19/h2-14,19,28-29H,1,15-16H2/b7-6+. The number of ether oxygens (including phenoxy) is 2. The molecule has 1 fully saturated rings. The van der Waals surface area contributed by atoms with Gasteiger partial charge in [-0.1, -0.05) is 49.1 Å². The number of aromatic hydroxyl groups is 1. The van der Waals surface area contributed by atoms with E-state index in [1.165, 1.54) is 5.56 Å². The van der Waals surface area contributed by atoms with Crippen molar-refractivity contribution in [2.75, 3.05) is 13.2 Å². The maximum Gasteiger partial charge on any atom is 0.153 e. The van der Waals surface area contributed by atoms with Gasteiger partial charge in [0.15, 0.2) is 5.75 Å². The lowest BCUT2D eigenvalue weighted by Crippen LogP contribution is -2.25. The van der Waals surface area contributed by atoms with Gasteiger partial charge in [0.05, 0.1) is 18.1 Å². The highest BCUT2D eigenvalue weighted by atomic mass is 32.1. The van der Waals surface area contributed by atoms with Crippen molar-refractivity contribution in [3.63, 3.8) is 0 Å². The van der Waals surface area contributed by atoms with Crippen LogP contribution in [0.3, 0.4) is 0 Å². The van der Waals surface area contributed by atoms with Gasteiger partial charge in [-0.25, -0.2) is 0 Å². The van der Waals surface area contributed by atoms with Crippen molar-refractivity contribution in [3.8, 4) is 27.7 Å². The topological polar surface area (TPSA) is 58.9 Å². The van der Waals surface area contributed by atoms with Crippen LogP contribution < -0.4 is 4.74 Å². The predicted octanol–water partition coefficient (Wildman–Crippen LogP) is 7.26. The maximum absolute atomic E-state index is 10.0. The number of aliphatic hydroxyl groups is 1. The monoisotopic (exact) mass is 442 g/mol. The fourth-order valence-electron chi connectivity index (χ4n) is 3.77. The van der Waals surface area contributed by atoms with Crippen LogP contribution >= 0.6 is 11.3 Å². The van der Waals surface area contributed by atoms with E-state index >= 15 is 0 Å². The molecule has 5 heteroatoms. The molecule has 1 aliphatic heterocycles. The number of hydrogen-bond acceptors (Lipinski definition) is 5. The molecule has 0 saturated carbocycles. The molecule has 2 N–H and O–H groups in total. The van der Waals surface area contributed by atoms with Gasteiger partial charge in [-0.05, 0) is 53.1 Å². The van der Waals surface area contributed by atoms with E-state index in [2.05, 4.69) is 24.8 Å². The first-order chi connectivity index (χ1) is 15.6. The molecule has 4 nitrogen and oxygen atoms in total. The summed E-state index contributed by atoms with van der Waals surface area (Å²) in [6.07, 6.45) is 3.34. The Labute approximate surface area is 190 Å². The van der Waals surface area contributed by atoms with Crippen LogP contribution in [0.15, 0.2) is 85.1 Å². The van der Waals surface area contributed by atoms with Crippen LogP contribution in [0.25, 0.3) is 26.6 Å². The van der Waals surface area contributed by atoms with Gasteiger partial charge < -0.3 is 19.7 Å². The lowest BCUT2D eigenvalue weighted by Gasteiger charge is -2.28. The van der Waals surface area contributed by atoms with E-state index in [0.29, 0.717) is 11.7 Å². The first-order valence-corrected chi connectivity index (χ1v) is 11.2. The van der Waals surface area contributed by atoms with Gasteiger partial charge in [0.2, 0.25) is 0 Å². The molecule has 0 atom stereocenters. The maximum atomic E-state index is 10.0. The van der Waals surface area contributed by atoms with E-state index in [0.717, 1.165) is 45.1 Å². The van der Waals surface area contributed by atoms with Crippen molar-refractivity contribution >= 4 is 27.5 Å². The quantitative estimate of drug-likeness (QED) is 0.244. The third kappa shape index (κ3) is 4.00. The summed E-state index contributed by atoms with van der Waals surface area (Å²) in [7, 11) is 0. The number of thiophene rings is 1. The Balaban J connectivity index is 1.58. The van der Waals surface area contributed by atoms with Crippen molar-refractivity contribution < 1.29 is 19.7 Å². The van der Waals surface area contributed by atoms with Crippen molar-refractivity contribution in [1.29, 1.82) is 0 Å². The van der Waals surface area contributed by atoms with Crippen molar-refractivity contribution in [2.24, 2.45) is 0 Å². The smallest absolute Gasteiger partial charge is 0.153 e. The van der Waals surface area contributed by atoms with E-state index < -0.39 is 0 Å². The van der Waals surface area contributed by atoms with Crippen LogP contribution in [0, 0.1) is 0 Å². The summed E-state index contributed by atoms with van der Waals surface area (Å²) >= 11 is 1.62. The summed E-state index contributed by atoms with van der Waals surface area (Å²) < 4.78 is 12.8. The second kappa shape index (κ2) is 8.54. The minimum atomic E-state index is 0.0125. The summed E-state index contributed by atoms with van der Waals surface area (Å²) in [5, 5.41) is 20.2. The predicted molar refractivity (Wildman–Crippen MR) is 130 cm³/mol. The number of benzene rings is 3. The second-order valence-electron chi connectivity index (χ2n) is 7.76. The molecule has 32 heavy (non-hydrogen) atoms. The molecule has 160 valence electrons. The number of rotatable bonds is 6. The van der Waals surface area contributed by atoms with E-state index in [4.69, 9.17) is 9.47 Å². The molecule has 0 bridgehead atoms. The summed E-state index contributed by atoms with van der Waals surface area (Å²) in [4.78, 5) is 1.04. The van der Waals surface area contributed by atoms with Gasteiger partial charge in [0, 0.05) is 16.0 Å². The zero-order valence-electron chi connectivity index (χ0n) is 17.3. The molecule has 0 unspecified atom stereocenters. The average molecular weight is 443 g/mol. The Hall–Kier alpha value is -3.54. The minimum absolute atomic E-state index is 0.0125. The van der Waals surface area contributed by atoms with Crippen LogP contribution in [0.2, 0.25) is 0 Å². The van der Waals surface area contributed by atoms with Crippen LogP contribution in [0.4, 0.5) is 0 Å². The van der Waals surface area contributed by atoms with E-state index in [1.54, 1.807) is 35.6 Å². The SMILES string of the molecule is C=C(O)/C=C/c1ccc(Oc2c(-c3ccccc3C3COC3)sc3cc(O)ccc23)cc1. The summed E-state index contributed by atoms with van der Waals surface area (Å²) in [6, 6.07) is 21.4. The van der Waals surface area contributed by atoms with Gasteiger partial charge in [-0.3, -0.25) is 0 Å². The van der Waals surface area contributed by atoms with Crippen molar-refractivity contribution in [1.82, 2.24) is 0 Å². The summed E-state index contributed by atoms with van der Waals surface area (Å²) in [5.41, 5.74) is 3.32. The van der Waals surface area contributed by atoms with Gasteiger partial charge in [-0.2, -0.15) is 0 Å². The Morgan fingerprint density at radius 2 is 1.84 bits per heavy atom. The van der Waals surface area contributed by atoms with Crippen LogP contribution in [-0.4, -0.2) is 23.4 Å². The Bertz CT molecular complexity index is 1310. The number of phenols is 1. The van der Waals surface area contributed by atoms with Gasteiger partial charge in [0.1, 0.15) is 17.3 Å². The number of fused-ring (bicyclic) bond motifs is 1. The second-order valence-corrected chi connectivity index (χ2v) is 8.81. The number of aliphatic hydroxyl groups excluding tert-OH is 1. The fourth-order valence-corrected chi connectivity index (χ4v) is 4.98. The number of phenolic OH excluding ortho intramolecular Hbond substituents is 1. The largest absolute Gasteiger partial charge is 0.509 e. The molecule has 0 radical (unpaired) electrons. The normalized spacial score (nSPS) is 14.0. The summed E-state index contributed by atoms with van der Waals surface area (Å²) in [5.74, 6) is 2.12. The highest BCUT2D eigenvalue weighted by Crippen LogP contribution is 2.49. The fraction of sp³-hybridized carbons (Fsp3) is 0.111. The molecule has 0 amide bonds. The highest BCUT2D eigenvalue weighted by Gasteiger charge is 2.26. The molecule has 5 rings (SSSR count). The first-order valence-electron chi connectivity index (χ1n) is 10.3. The van der Waals surface area contributed by atoms with Gasteiger partial charge >= 0.3 is 0 Å². The number of hydrogen-bond donors (Lipinski definition) is 2.